The third kappa shape index (κ3) is 9.53. The van der Waals surface area contributed by atoms with E-state index >= 15 is 0 Å². The van der Waals surface area contributed by atoms with E-state index in [1.54, 1.807) is 6.07 Å². The van der Waals surface area contributed by atoms with E-state index in [0.717, 1.165) is 24.3 Å². The van der Waals surface area contributed by atoms with Crippen LogP contribution in [-0.4, -0.2) is 11.9 Å². The summed E-state index contributed by atoms with van der Waals surface area (Å²) in [6.45, 7) is 12.5. The van der Waals surface area contributed by atoms with E-state index in [2.05, 4.69) is 43.6 Å². The van der Waals surface area contributed by atoms with Crippen LogP contribution in [0.1, 0.15) is 89.2 Å². The van der Waals surface area contributed by atoms with Crippen LogP contribution in [-0.2, 0) is 0 Å². The van der Waals surface area contributed by atoms with E-state index in [-0.39, 0.29) is 11.9 Å². The third-order valence-electron chi connectivity index (χ3n) is 3.62. The summed E-state index contributed by atoms with van der Waals surface area (Å²) in [5.74, 6) is 0.759. The highest BCUT2D eigenvalue weighted by atomic mass is 35.5. The monoisotopic (exact) mass is 386 g/mol. The highest BCUT2D eigenvalue weighted by Gasteiger charge is 2.19. The Morgan fingerprint density at radius 1 is 1.16 bits per heavy atom. The first-order valence-electron chi connectivity index (χ1n) is 9.35. The zero-order valence-electron chi connectivity index (χ0n) is 16.5. The molecule has 0 saturated heterocycles. The van der Waals surface area contributed by atoms with Crippen LogP contribution in [0.2, 0.25) is 5.02 Å². The fourth-order valence-corrected chi connectivity index (χ4v) is 2.82. The first-order valence-corrected chi connectivity index (χ1v) is 10.2. The van der Waals surface area contributed by atoms with E-state index in [1.807, 2.05) is 32.9 Å². The molecule has 0 spiro atoms. The van der Waals surface area contributed by atoms with Gasteiger partial charge >= 0.3 is 0 Å². The molecule has 1 atom stereocenters. The fourth-order valence-electron chi connectivity index (χ4n) is 2.39. The smallest absolute Gasteiger partial charge is 0.253 e. The van der Waals surface area contributed by atoms with Crippen molar-refractivity contribution in [2.45, 2.75) is 79.3 Å². The molecule has 0 heterocycles. The van der Waals surface area contributed by atoms with Crippen LogP contribution in [0.4, 0.5) is 0 Å². The van der Waals surface area contributed by atoms with Crippen molar-refractivity contribution in [1.29, 1.82) is 0 Å². The maximum atomic E-state index is 12.1. The molecule has 1 amide bonds. The maximum Gasteiger partial charge on any atom is 0.253 e. The van der Waals surface area contributed by atoms with Crippen molar-refractivity contribution in [2.75, 3.05) is 0 Å². The molecule has 1 aliphatic rings. The quantitative estimate of drug-likeness (QED) is 0.539. The van der Waals surface area contributed by atoms with Gasteiger partial charge < -0.3 is 5.32 Å². The second-order valence-electron chi connectivity index (χ2n) is 6.78. The summed E-state index contributed by atoms with van der Waals surface area (Å²) in [5.41, 5.74) is 1.56. The second kappa shape index (κ2) is 13.5. The molecule has 2 N–H and O–H groups in total. The van der Waals surface area contributed by atoms with Gasteiger partial charge in [-0.3, -0.25) is 9.52 Å². The molecule has 0 aromatic heterocycles. The highest BCUT2D eigenvalue weighted by Crippen LogP contribution is 2.23. The van der Waals surface area contributed by atoms with Crippen LogP contribution in [0.3, 0.4) is 0 Å². The van der Waals surface area contributed by atoms with Gasteiger partial charge in [-0.2, -0.15) is 0 Å². The number of rotatable bonds is 4. The van der Waals surface area contributed by atoms with Gasteiger partial charge in [0.25, 0.3) is 5.91 Å². The molecule has 144 valence electrons. The normalized spacial score (nSPS) is 14.9. The van der Waals surface area contributed by atoms with Crippen LogP contribution < -0.4 is 10.0 Å². The molecule has 1 fully saturated rings. The summed E-state index contributed by atoms with van der Waals surface area (Å²) in [6.07, 6.45) is 4.54. The van der Waals surface area contributed by atoms with Crippen LogP contribution in [0.15, 0.2) is 18.2 Å². The van der Waals surface area contributed by atoms with Crippen molar-refractivity contribution >= 4 is 30.3 Å². The summed E-state index contributed by atoms with van der Waals surface area (Å²) in [4.78, 5) is 12.1. The number of carbonyl (C=O) groups excluding carboxylic acids is 1. The third-order valence-corrected chi connectivity index (χ3v) is 4.32. The summed E-state index contributed by atoms with van der Waals surface area (Å²) >= 11 is 10.2. The molecule has 1 aromatic carbocycles. The zero-order valence-corrected chi connectivity index (χ0v) is 18.2. The first kappa shape index (κ1) is 24.3. The molecule has 5 heteroatoms. The lowest BCUT2D eigenvalue weighted by Gasteiger charge is -2.15. The Morgan fingerprint density at radius 2 is 1.68 bits per heavy atom. The van der Waals surface area contributed by atoms with Crippen molar-refractivity contribution in [2.24, 2.45) is 5.92 Å². The first-order chi connectivity index (χ1) is 11.8. The molecule has 1 saturated carbocycles. The Hall–Kier alpha value is -0.710. The summed E-state index contributed by atoms with van der Waals surface area (Å²) < 4.78 is 2.85. The fraction of sp³-hybridized carbons (Fsp3) is 0.650. The predicted molar refractivity (Wildman–Crippen MR) is 114 cm³/mol. The standard InChI is InChI=1S/C14H19ClN2OS.C4H10.C2H6/c1-9(17-19)10-6-7-12(13(15)8-10)14(18)16-11-4-2-3-5-11;1-4(2)3;1-2/h6-9,11,17,19H,2-5H2,1H3,(H,16,18);4H,1-3H3;1-2H3. The number of benzene rings is 1. The maximum absolute atomic E-state index is 12.1. The number of carbonyl (C=O) groups is 1. The van der Waals surface area contributed by atoms with Crippen molar-refractivity contribution in [3.63, 3.8) is 0 Å². The van der Waals surface area contributed by atoms with Gasteiger partial charge in [0.15, 0.2) is 0 Å². The van der Waals surface area contributed by atoms with Gasteiger partial charge in [-0.25, -0.2) is 0 Å². The minimum Gasteiger partial charge on any atom is -0.349 e. The zero-order chi connectivity index (χ0) is 19.4. The average Bonchev–Trinajstić information content (AvgIpc) is 3.08. The largest absolute Gasteiger partial charge is 0.349 e. The van der Waals surface area contributed by atoms with Gasteiger partial charge in [-0.15, -0.1) is 0 Å². The molecular weight excluding hydrogens is 352 g/mol. The molecule has 2 rings (SSSR count). The number of halogens is 1. The Labute approximate surface area is 164 Å². The van der Waals surface area contributed by atoms with Gasteiger partial charge in [0.05, 0.1) is 10.6 Å². The van der Waals surface area contributed by atoms with Crippen LogP contribution in [0, 0.1) is 5.92 Å². The highest BCUT2D eigenvalue weighted by molar-refractivity contribution is 7.78. The van der Waals surface area contributed by atoms with Crippen molar-refractivity contribution in [1.82, 2.24) is 10.0 Å². The van der Waals surface area contributed by atoms with Gasteiger partial charge in [0, 0.05) is 12.1 Å². The minimum atomic E-state index is -0.0741. The van der Waals surface area contributed by atoms with Crippen LogP contribution in [0.25, 0.3) is 0 Å². The summed E-state index contributed by atoms with van der Waals surface area (Å²) in [5, 5.41) is 3.53. The molecule has 1 aliphatic carbocycles. The van der Waals surface area contributed by atoms with E-state index in [0.29, 0.717) is 16.6 Å². The Morgan fingerprint density at radius 3 is 2.12 bits per heavy atom. The predicted octanol–water partition coefficient (Wildman–Crippen LogP) is 6.20. The average molecular weight is 387 g/mol. The van der Waals surface area contributed by atoms with Gasteiger partial charge in [-0.1, -0.05) is 77.9 Å². The van der Waals surface area contributed by atoms with Crippen molar-refractivity contribution < 1.29 is 4.79 Å². The van der Waals surface area contributed by atoms with E-state index in [9.17, 15) is 4.79 Å². The topological polar surface area (TPSA) is 41.1 Å². The van der Waals surface area contributed by atoms with Gasteiger partial charge in [-0.05, 0) is 43.4 Å². The Bertz CT molecular complexity index is 500. The molecule has 1 unspecified atom stereocenters. The van der Waals surface area contributed by atoms with E-state index in [4.69, 9.17) is 11.6 Å². The van der Waals surface area contributed by atoms with Crippen LogP contribution >= 0.6 is 24.4 Å². The summed E-state index contributed by atoms with van der Waals surface area (Å²) in [6, 6.07) is 5.90. The Balaban J connectivity index is 0.000000845. The molecule has 0 bridgehead atoms. The van der Waals surface area contributed by atoms with Gasteiger partial charge in [0.1, 0.15) is 0 Å². The molecule has 1 aromatic rings. The van der Waals surface area contributed by atoms with Crippen molar-refractivity contribution in [3.05, 3.63) is 34.3 Å². The number of hydrogen-bond acceptors (Lipinski definition) is 3. The number of nitrogens with one attached hydrogen (secondary N) is 2. The van der Waals surface area contributed by atoms with E-state index in [1.165, 1.54) is 12.8 Å². The van der Waals surface area contributed by atoms with Crippen LogP contribution in [0.5, 0.6) is 0 Å². The van der Waals surface area contributed by atoms with Gasteiger partial charge in [0.2, 0.25) is 0 Å². The molecule has 25 heavy (non-hydrogen) atoms. The summed E-state index contributed by atoms with van der Waals surface area (Å²) in [7, 11) is 0. The van der Waals surface area contributed by atoms with Crippen molar-refractivity contribution in [3.8, 4) is 0 Å². The lowest BCUT2D eigenvalue weighted by atomic mass is 10.1. The lowest BCUT2D eigenvalue weighted by molar-refractivity contribution is 0.0938. The number of thiol groups is 1. The molecule has 0 radical (unpaired) electrons. The lowest BCUT2D eigenvalue weighted by Crippen LogP contribution is -2.32. The number of amides is 1. The SMILES string of the molecule is CC.CC(C)C.CC(NS)c1ccc(C(=O)NC2CCCC2)c(Cl)c1. The molecule has 0 aliphatic heterocycles. The Kier molecular flexibility index (Phi) is 13.1. The minimum absolute atomic E-state index is 0.0741. The van der Waals surface area contributed by atoms with E-state index < -0.39 is 0 Å². The second-order valence-corrected chi connectivity index (χ2v) is 7.44. The molecule has 3 nitrogen and oxygen atoms in total. The molecular formula is C20H35ClN2OS. The number of hydrogen-bond donors (Lipinski definition) is 3.